The van der Waals surface area contributed by atoms with E-state index in [9.17, 15) is 4.79 Å². The van der Waals surface area contributed by atoms with Crippen LogP contribution in [0.2, 0.25) is 0 Å². The van der Waals surface area contributed by atoms with Crippen LogP contribution in [0.1, 0.15) is 19.4 Å². The Labute approximate surface area is 157 Å². The number of carbonyl (C=O) groups is 1. The number of aryl methyl sites for hydroxylation is 1. The number of amides is 1. The molecule has 0 radical (unpaired) electrons. The lowest BCUT2D eigenvalue weighted by atomic mass is 10.0. The maximum atomic E-state index is 11.1. The molecule has 134 valence electrons. The molecular formula is C22H20N4O. The molecule has 27 heavy (non-hydrogen) atoms. The molecule has 0 aliphatic rings. The third-order valence-corrected chi connectivity index (χ3v) is 4.57. The normalized spacial score (nSPS) is 10.9. The van der Waals surface area contributed by atoms with Gasteiger partial charge in [-0.15, -0.1) is 0 Å². The Kier molecular flexibility index (Phi) is 4.42. The fourth-order valence-electron chi connectivity index (χ4n) is 3.11. The van der Waals surface area contributed by atoms with Gasteiger partial charge in [0.2, 0.25) is 5.91 Å². The Morgan fingerprint density at radius 3 is 2.33 bits per heavy atom. The van der Waals surface area contributed by atoms with Gasteiger partial charge in [0.15, 0.2) is 5.65 Å². The number of rotatable bonds is 4. The molecule has 2 N–H and O–H groups in total. The summed E-state index contributed by atoms with van der Waals surface area (Å²) in [6.07, 6.45) is 1.02. The van der Waals surface area contributed by atoms with Gasteiger partial charge in [-0.05, 0) is 36.2 Å². The van der Waals surface area contributed by atoms with Gasteiger partial charge in [-0.1, -0.05) is 43.3 Å². The minimum Gasteiger partial charge on any atom is -0.326 e. The van der Waals surface area contributed by atoms with Gasteiger partial charge >= 0.3 is 0 Å². The third-order valence-electron chi connectivity index (χ3n) is 4.57. The summed E-state index contributed by atoms with van der Waals surface area (Å²) in [5.41, 5.74) is 6.67. The van der Waals surface area contributed by atoms with Crippen LogP contribution in [-0.2, 0) is 11.2 Å². The van der Waals surface area contributed by atoms with Crippen molar-refractivity contribution in [2.24, 2.45) is 0 Å². The second-order valence-electron chi connectivity index (χ2n) is 6.48. The number of carbonyl (C=O) groups excluding carboxylic acids is 1. The van der Waals surface area contributed by atoms with Crippen LogP contribution in [0.3, 0.4) is 0 Å². The Balaban J connectivity index is 1.66. The number of fused-ring (bicyclic) bond motifs is 1. The second-order valence-corrected chi connectivity index (χ2v) is 6.48. The summed E-state index contributed by atoms with van der Waals surface area (Å²) in [6.45, 7) is 3.64. The first kappa shape index (κ1) is 17.0. The van der Waals surface area contributed by atoms with Crippen LogP contribution in [0.15, 0.2) is 60.7 Å². The molecule has 0 aliphatic carbocycles. The van der Waals surface area contributed by atoms with Crippen molar-refractivity contribution in [1.29, 1.82) is 0 Å². The van der Waals surface area contributed by atoms with Crippen LogP contribution >= 0.6 is 0 Å². The van der Waals surface area contributed by atoms with Crippen LogP contribution < -0.4 is 5.32 Å². The highest BCUT2D eigenvalue weighted by atomic mass is 16.1. The molecule has 5 heteroatoms. The molecule has 0 spiro atoms. The summed E-state index contributed by atoms with van der Waals surface area (Å²) >= 11 is 0. The predicted octanol–water partition coefficient (Wildman–Crippen LogP) is 4.81. The molecule has 0 bridgehead atoms. The molecule has 4 rings (SSSR count). The first-order valence-electron chi connectivity index (χ1n) is 8.96. The lowest BCUT2D eigenvalue weighted by Crippen LogP contribution is -2.05. The molecule has 0 atom stereocenters. The first-order chi connectivity index (χ1) is 13.1. The molecule has 0 unspecified atom stereocenters. The average molecular weight is 356 g/mol. The van der Waals surface area contributed by atoms with Gasteiger partial charge in [0.1, 0.15) is 0 Å². The van der Waals surface area contributed by atoms with Crippen molar-refractivity contribution in [3.05, 3.63) is 66.2 Å². The number of hydrogen-bond acceptors (Lipinski definition) is 3. The molecule has 0 saturated carbocycles. The highest BCUT2D eigenvalue weighted by molar-refractivity contribution is 5.92. The zero-order valence-electron chi connectivity index (χ0n) is 15.3. The summed E-state index contributed by atoms with van der Waals surface area (Å²) in [5.74, 6) is -0.0849. The van der Waals surface area contributed by atoms with E-state index in [1.165, 1.54) is 12.5 Å². The number of anilines is 1. The van der Waals surface area contributed by atoms with Crippen molar-refractivity contribution in [3.63, 3.8) is 0 Å². The average Bonchev–Trinajstić information content (AvgIpc) is 3.11. The first-order valence-corrected chi connectivity index (χ1v) is 8.96. The van der Waals surface area contributed by atoms with Crippen LogP contribution in [0.4, 0.5) is 5.69 Å². The van der Waals surface area contributed by atoms with E-state index in [2.05, 4.69) is 51.7 Å². The van der Waals surface area contributed by atoms with Crippen LogP contribution in [-0.4, -0.2) is 21.1 Å². The maximum absolute atomic E-state index is 11.1. The van der Waals surface area contributed by atoms with E-state index in [0.29, 0.717) is 5.65 Å². The van der Waals surface area contributed by atoms with Crippen molar-refractivity contribution in [3.8, 4) is 22.5 Å². The summed E-state index contributed by atoms with van der Waals surface area (Å²) < 4.78 is 0. The lowest BCUT2D eigenvalue weighted by Gasteiger charge is -2.05. The van der Waals surface area contributed by atoms with Gasteiger partial charge in [0, 0.05) is 29.1 Å². The van der Waals surface area contributed by atoms with Gasteiger partial charge in [-0.3, -0.25) is 9.89 Å². The zero-order valence-corrected chi connectivity index (χ0v) is 15.3. The van der Waals surface area contributed by atoms with E-state index in [0.717, 1.165) is 40.0 Å². The van der Waals surface area contributed by atoms with Gasteiger partial charge in [0.25, 0.3) is 0 Å². The van der Waals surface area contributed by atoms with E-state index < -0.39 is 0 Å². The number of benzene rings is 2. The maximum Gasteiger partial charge on any atom is 0.221 e. The van der Waals surface area contributed by atoms with E-state index in [-0.39, 0.29) is 5.91 Å². The van der Waals surface area contributed by atoms with Gasteiger partial charge in [0.05, 0.1) is 11.4 Å². The number of pyridine rings is 1. The molecule has 2 aromatic carbocycles. The van der Waals surface area contributed by atoms with E-state index in [4.69, 9.17) is 0 Å². The summed E-state index contributed by atoms with van der Waals surface area (Å²) in [5, 5.41) is 11.3. The number of hydrogen-bond donors (Lipinski definition) is 2. The second kappa shape index (κ2) is 7.03. The number of nitrogens with zero attached hydrogens (tertiary/aromatic N) is 2. The third kappa shape index (κ3) is 3.44. The number of aromatic amines is 1. The van der Waals surface area contributed by atoms with Crippen LogP contribution in [0, 0.1) is 0 Å². The molecule has 4 aromatic rings. The predicted molar refractivity (Wildman–Crippen MR) is 108 cm³/mol. The van der Waals surface area contributed by atoms with Crippen molar-refractivity contribution < 1.29 is 4.79 Å². The molecule has 2 heterocycles. The van der Waals surface area contributed by atoms with Gasteiger partial charge in [-0.2, -0.15) is 5.10 Å². The van der Waals surface area contributed by atoms with Crippen molar-refractivity contribution in [2.75, 3.05) is 5.32 Å². The highest BCUT2D eigenvalue weighted by Gasteiger charge is 2.10. The molecular weight excluding hydrogens is 336 g/mol. The monoisotopic (exact) mass is 356 g/mol. The Morgan fingerprint density at radius 1 is 0.963 bits per heavy atom. The summed E-state index contributed by atoms with van der Waals surface area (Å²) in [6, 6.07) is 20.2. The minimum atomic E-state index is -0.0849. The number of aromatic nitrogens is 3. The fourth-order valence-corrected chi connectivity index (χ4v) is 3.11. The smallest absolute Gasteiger partial charge is 0.221 e. The topological polar surface area (TPSA) is 70.7 Å². The van der Waals surface area contributed by atoms with Crippen LogP contribution in [0.5, 0.6) is 0 Å². The molecule has 0 fully saturated rings. The molecule has 0 aliphatic heterocycles. The van der Waals surface area contributed by atoms with Crippen molar-refractivity contribution in [2.45, 2.75) is 20.3 Å². The van der Waals surface area contributed by atoms with Crippen LogP contribution in [0.25, 0.3) is 33.5 Å². The number of H-pyrrole nitrogens is 1. The Bertz CT molecular complexity index is 1100. The molecule has 2 aromatic heterocycles. The molecule has 5 nitrogen and oxygen atoms in total. The fraction of sp³-hybridized carbons (Fsp3) is 0.136. The summed E-state index contributed by atoms with van der Waals surface area (Å²) in [7, 11) is 0. The lowest BCUT2D eigenvalue weighted by molar-refractivity contribution is -0.114. The standard InChI is InChI=1S/C22H20N4O/c1-3-15-4-6-17(7-5-15)21-19-12-13-20(24-22(19)26-25-21)16-8-10-18(11-9-16)23-14(2)27/h4-13H,3H2,1-2H3,(H,23,27)(H,24,25,26). The Hall–Kier alpha value is -3.47. The minimum absolute atomic E-state index is 0.0849. The largest absolute Gasteiger partial charge is 0.326 e. The zero-order chi connectivity index (χ0) is 18.8. The van der Waals surface area contributed by atoms with Gasteiger partial charge in [-0.25, -0.2) is 4.98 Å². The molecule has 1 amide bonds. The van der Waals surface area contributed by atoms with E-state index in [1.54, 1.807) is 0 Å². The van der Waals surface area contributed by atoms with Gasteiger partial charge < -0.3 is 5.32 Å². The number of nitrogens with one attached hydrogen (secondary N) is 2. The Morgan fingerprint density at radius 2 is 1.67 bits per heavy atom. The van der Waals surface area contributed by atoms with E-state index >= 15 is 0 Å². The molecule has 0 saturated heterocycles. The van der Waals surface area contributed by atoms with Crippen molar-refractivity contribution >= 4 is 22.6 Å². The highest BCUT2D eigenvalue weighted by Crippen LogP contribution is 2.28. The van der Waals surface area contributed by atoms with Crippen molar-refractivity contribution in [1.82, 2.24) is 15.2 Å². The quantitative estimate of drug-likeness (QED) is 0.551. The van der Waals surface area contributed by atoms with E-state index in [1.807, 2.05) is 36.4 Å². The summed E-state index contributed by atoms with van der Waals surface area (Å²) in [4.78, 5) is 15.8. The SMILES string of the molecule is CCc1ccc(-c2[nH]nc3nc(-c4ccc(NC(C)=O)cc4)ccc23)cc1.